The molecule has 0 bridgehead atoms. The largest absolute Gasteiger partial charge is 0.456 e. The second-order valence-corrected chi connectivity index (χ2v) is 4.51. The molecule has 4 heteroatoms. The summed E-state index contributed by atoms with van der Waals surface area (Å²) >= 11 is 6.10. The normalized spacial score (nSPS) is 11.7. The number of hydrogen-bond acceptors (Lipinski definition) is 3. The Morgan fingerprint density at radius 2 is 2.05 bits per heavy atom. The quantitative estimate of drug-likeness (QED) is 0.917. The maximum atomic E-state index is 9.46. The molecule has 1 N–H and O–H groups in total. The molecule has 0 aliphatic rings. The Balaban J connectivity index is 2.26. The van der Waals surface area contributed by atoms with E-state index in [0.717, 1.165) is 5.56 Å². The van der Waals surface area contributed by atoms with Crippen LogP contribution in [0.25, 0.3) is 0 Å². The molecule has 0 aliphatic heterocycles. The molecule has 3 nitrogen and oxygen atoms in total. The van der Waals surface area contributed by atoms with Gasteiger partial charge in [0.05, 0.1) is 22.8 Å². The van der Waals surface area contributed by atoms with Crippen LogP contribution in [0.5, 0.6) is 11.5 Å². The third-order valence-electron chi connectivity index (χ3n) is 2.63. The van der Waals surface area contributed by atoms with E-state index in [-0.39, 0.29) is 0 Å². The molecular weight excluding hydrogens is 262 g/mol. The molecule has 96 valence electrons. The van der Waals surface area contributed by atoms with Gasteiger partial charge in [-0.05, 0) is 42.8 Å². The van der Waals surface area contributed by atoms with Crippen LogP contribution in [0, 0.1) is 11.3 Å². The summed E-state index contributed by atoms with van der Waals surface area (Å²) in [4.78, 5) is 0. The van der Waals surface area contributed by atoms with Crippen LogP contribution in [0.3, 0.4) is 0 Å². The van der Waals surface area contributed by atoms with E-state index < -0.39 is 6.10 Å². The summed E-state index contributed by atoms with van der Waals surface area (Å²) in [5.74, 6) is 1.03. The summed E-state index contributed by atoms with van der Waals surface area (Å²) in [6, 6.07) is 14.0. The van der Waals surface area contributed by atoms with Gasteiger partial charge in [-0.15, -0.1) is 0 Å². The van der Waals surface area contributed by atoms with E-state index in [1.54, 1.807) is 49.4 Å². The molecule has 0 saturated carbocycles. The average Bonchev–Trinajstić information content (AvgIpc) is 2.41. The number of aliphatic hydroxyl groups excluding tert-OH is 1. The summed E-state index contributed by atoms with van der Waals surface area (Å²) in [7, 11) is 0. The highest BCUT2D eigenvalue weighted by Gasteiger charge is 2.07. The van der Waals surface area contributed by atoms with Crippen molar-refractivity contribution in [1.29, 1.82) is 5.26 Å². The van der Waals surface area contributed by atoms with Crippen LogP contribution in [0.1, 0.15) is 24.2 Å². The van der Waals surface area contributed by atoms with Crippen molar-refractivity contribution < 1.29 is 9.84 Å². The van der Waals surface area contributed by atoms with Crippen LogP contribution < -0.4 is 4.74 Å². The van der Waals surface area contributed by atoms with Crippen molar-refractivity contribution in [2.24, 2.45) is 0 Å². The Hall–Kier alpha value is -2.02. The van der Waals surface area contributed by atoms with Gasteiger partial charge in [0.25, 0.3) is 0 Å². The fourth-order valence-electron chi connectivity index (χ4n) is 1.62. The minimum Gasteiger partial charge on any atom is -0.456 e. The van der Waals surface area contributed by atoms with Crippen molar-refractivity contribution in [2.45, 2.75) is 13.0 Å². The number of aliphatic hydroxyl groups is 1. The van der Waals surface area contributed by atoms with Crippen LogP contribution in [0.2, 0.25) is 5.02 Å². The molecule has 0 saturated heterocycles. The number of hydrogen-bond donors (Lipinski definition) is 1. The summed E-state index contributed by atoms with van der Waals surface area (Å²) < 4.78 is 5.62. The molecular formula is C15H12ClNO2. The van der Waals surface area contributed by atoms with Crippen LogP contribution in [-0.2, 0) is 0 Å². The molecule has 2 aromatic carbocycles. The average molecular weight is 274 g/mol. The third-order valence-corrected chi connectivity index (χ3v) is 2.92. The van der Waals surface area contributed by atoms with Crippen LogP contribution in [0.4, 0.5) is 0 Å². The van der Waals surface area contributed by atoms with Gasteiger partial charge < -0.3 is 9.84 Å². The van der Waals surface area contributed by atoms with Gasteiger partial charge in [0.1, 0.15) is 11.5 Å². The van der Waals surface area contributed by atoms with Crippen LogP contribution >= 0.6 is 11.6 Å². The summed E-state index contributed by atoms with van der Waals surface area (Å²) in [5.41, 5.74) is 1.25. The summed E-state index contributed by atoms with van der Waals surface area (Å²) in [6.07, 6.45) is -0.575. The highest BCUT2D eigenvalue weighted by molar-refractivity contribution is 6.32. The molecule has 1 unspecified atom stereocenters. The molecule has 0 heterocycles. The molecule has 2 rings (SSSR count). The summed E-state index contributed by atoms with van der Waals surface area (Å²) in [5, 5.41) is 18.7. The lowest BCUT2D eigenvalue weighted by Gasteiger charge is -2.10. The molecule has 0 spiro atoms. The van der Waals surface area contributed by atoms with E-state index in [1.165, 1.54) is 0 Å². The zero-order chi connectivity index (χ0) is 13.8. The molecule has 0 fully saturated rings. The standard InChI is InChI=1S/C15H12ClNO2/c1-10(18)12-5-6-15(14(16)8-12)19-13-4-2-3-11(7-13)9-17/h2-8,10,18H,1H3. The summed E-state index contributed by atoms with van der Waals surface area (Å²) in [6.45, 7) is 1.67. The van der Waals surface area contributed by atoms with E-state index in [0.29, 0.717) is 22.1 Å². The van der Waals surface area contributed by atoms with Gasteiger partial charge in [-0.3, -0.25) is 0 Å². The first-order chi connectivity index (χ1) is 9.10. The Morgan fingerprint density at radius 3 is 2.68 bits per heavy atom. The Bertz CT molecular complexity index is 632. The van der Waals surface area contributed by atoms with Crippen molar-refractivity contribution in [3.05, 3.63) is 58.6 Å². The van der Waals surface area contributed by atoms with Crippen LogP contribution in [-0.4, -0.2) is 5.11 Å². The highest BCUT2D eigenvalue weighted by Crippen LogP contribution is 2.31. The number of rotatable bonds is 3. The highest BCUT2D eigenvalue weighted by atomic mass is 35.5. The van der Waals surface area contributed by atoms with Gasteiger partial charge >= 0.3 is 0 Å². The molecule has 0 aromatic heterocycles. The lowest BCUT2D eigenvalue weighted by Crippen LogP contribution is -1.92. The van der Waals surface area contributed by atoms with Crippen LogP contribution in [0.15, 0.2) is 42.5 Å². The minimum atomic E-state index is -0.575. The molecule has 0 amide bonds. The zero-order valence-corrected chi connectivity index (χ0v) is 11.1. The molecule has 0 aliphatic carbocycles. The topological polar surface area (TPSA) is 53.2 Å². The van der Waals surface area contributed by atoms with Gasteiger partial charge in [0.15, 0.2) is 0 Å². The number of ether oxygens (including phenoxy) is 1. The molecule has 1 atom stereocenters. The minimum absolute atomic E-state index is 0.417. The fourth-order valence-corrected chi connectivity index (χ4v) is 1.84. The SMILES string of the molecule is CC(O)c1ccc(Oc2cccc(C#N)c2)c(Cl)c1. The Kier molecular flexibility index (Phi) is 4.06. The number of benzene rings is 2. The van der Waals surface area contributed by atoms with E-state index in [4.69, 9.17) is 21.6 Å². The second kappa shape index (κ2) is 5.75. The number of halogens is 1. The van der Waals surface area contributed by atoms with Gasteiger partial charge in [0, 0.05) is 0 Å². The van der Waals surface area contributed by atoms with Crippen molar-refractivity contribution in [2.75, 3.05) is 0 Å². The molecule has 2 aromatic rings. The van der Waals surface area contributed by atoms with Gasteiger partial charge in [-0.2, -0.15) is 5.26 Å². The monoisotopic (exact) mass is 273 g/mol. The zero-order valence-electron chi connectivity index (χ0n) is 10.3. The van der Waals surface area contributed by atoms with Gasteiger partial charge in [-0.25, -0.2) is 0 Å². The van der Waals surface area contributed by atoms with Gasteiger partial charge in [0.2, 0.25) is 0 Å². The van der Waals surface area contributed by atoms with Crippen molar-refractivity contribution in [1.82, 2.24) is 0 Å². The molecule has 19 heavy (non-hydrogen) atoms. The predicted molar refractivity (Wildman–Crippen MR) is 73.3 cm³/mol. The van der Waals surface area contributed by atoms with E-state index >= 15 is 0 Å². The van der Waals surface area contributed by atoms with Crippen molar-refractivity contribution in [3.8, 4) is 17.6 Å². The smallest absolute Gasteiger partial charge is 0.146 e. The van der Waals surface area contributed by atoms with E-state index in [2.05, 4.69) is 0 Å². The first kappa shape index (κ1) is 13.4. The first-order valence-electron chi connectivity index (χ1n) is 5.75. The lowest BCUT2D eigenvalue weighted by molar-refractivity contribution is 0.199. The second-order valence-electron chi connectivity index (χ2n) is 4.11. The number of nitriles is 1. The Morgan fingerprint density at radius 1 is 1.26 bits per heavy atom. The number of nitrogens with zero attached hydrogens (tertiary/aromatic N) is 1. The van der Waals surface area contributed by atoms with Crippen molar-refractivity contribution in [3.63, 3.8) is 0 Å². The predicted octanol–water partition coefficient (Wildman–Crippen LogP) is 4.06. The van der Waals surface area contributed by atoms with E-state index in [9.17, 15) is 5.11 Å². The maximum absolute atomic E-state index is 9.46. The fraction of sp³-hybridized carbons (Fsp3) is 0.133. The lowest BCUT2D eigenvalue weighted by atomic mass is 10.1. The maximum Gasteiger partial charge on any atom is 0.146 e. The molecule has 0 radical (unpaired) electrons. The van der Waals surface area contributed by atoms with Crippen molar-refractivity contribution >= 4 is 11.6 Å². The van der Waals surface area contributed by atoms with Gasteiger partial charge in [-0.1, -0.05) is 23.7 Å². The third kappa shape index (κ3) is 3.25. The first-order valence-corrected chi connectivity index (χ1v) is 6.13. The Labute approximate surface area is 116 Å². The van der Waals surface area contributed by atoms with E-state index in [1.807, 2.05) is 6.07 Å².